The first kappa shape index (κ1) is 42.9. The molecule has 4 N–H and O–H groups in total. The highest BCUT2D eigenvalue weighted by atomic mass is 19.1. The summed E-state index contributed by atoms with van der Waals surface area (Å²) in [7, 11) is 2.54. The van der Waals surface area contributed by atoms with Crippen molar-refractivity contribution < 1.29 is 33.0 Å². The molecule has 4 amide bonds. The molecule has 4 aromatic rings. The number of hydrogen-bond donors (Lipinski definition) is 4. The number of rotatable bonds is 11. The SMILES string of the molecule is COC(=O)N[C@H](C(=O)N1CCC[C@H]1c1ncc(-c2ccc(-c3ccc(-c4cnc([C@@H]5C[C@H](F)CN5C(=O)[C@@H](NC(=O)OC)C(C)C)[nH]4)c4c3C3(CCCC3)CC4)cc2)[nH]1)C(C)C. The Bertz CT molecular complexity index is 2300. The zero-order valence-corrected chi connectivity index (χ0v) is 36.6. The van der Waals surface area contributed by atoms with Crippen LogP contribution >= 0.6 is 0 Å². The van der Waals surface area contributed by atoms with Crippen LogP contribution in [0.5, 0.6) is 0 Å². The van der Waals surface area contributed by atoms with E-state index < -0.39 is 36.5 Å². The summed E-state index contributed by atoms with van der Waals surface area (Å²) in [6, 6.07) is 10.6. The van der Waals surface area contributed by atoms with Gasteiger partial charge in [0.05, 0.1) is 56.6 Å². The Hall–Kier alpha value is -5.73. The molecule has 0 unspecified atom stereocenters. The van der Waals surface area contributed by atoms with Crippen molar-refractivity contribution in [3.8, 4) is 33.6 Å². The average molecular weight is 851 g/mol. The van der Waals surface area contributed by atoms with Gasteiger partial charge in [-0.2, -0.15) is 0 Å². The normalized spacial score (nSPS) is 21.4. The molecule has 5 atom stereocenters. The summed E-state index contributed by atoms with van der Waals surface area (Å²) in [5.41, 5.74) is 8.94. The summed E-state index contributed by atoms with van der Waals surface area (Å²) >= 11 is 0. The predicted molar refractivity (Wildman–Crippen MR) is 231 cm³/mol. The van der Waals surface area contributed by atoms with Crippen LogP contribution in [-0.4, -0.2) is 99.3 Å². The number of alkyl carbamates (subject to hydrolysis) is 2. The molecule has 2 aromatic heterocycles. The van der Waals surface area contributed by atoms with E-state index >= 15 is 4.39 Å². The standard InChI is InChI=1S/C47H59FN8O6/c1-26(2)39(53-45(59)61-5)43(57)55-21-9-10-36(55)41-49-23-34(51-41)29-13-11-28(12-14-29)31-15-16-32(33-17-20-47(38(31)33)18-7-8-19-47)35-24-50-42(52-35)37-22-30(48)25-56(37)44(58)40(27(3)4)54-46(60)62-6/h11-16,23-24,26-27,30,36-37,39-40H,7-10,17-22,25H2,1-6H3,(H,49,51)(H,50,52)(H,53,59)(H,54,60)/t30-,36-,37-,39-,40-/m0/s1. The number of fused-ring (bicyclic) bond motifs is 2. The molecule has 0 radical (unpaired) electrons. The first-order valence-electron chi connectivity index (χ1n) is 22.1. The van der Waals surface area contributed by atoms with Gasteiger partial charge in [-0.1, -0.05) is 76.9 Å². The first-order valence-corrected chi connectivity index (χ1v) is 22.1. The van der Waals surface area contributed by atoms with Crippen molar-refractivity contribution in [3.05, 3.63) is 71.6 Å². The number of H-pyrrole nitrogens is 2. The summed E-state index contributed by atoms with van der Waals surface area (Å²) in [4.78, 5) is 71.5. The monoisotopic (exact) mass is 850 g/mol. The lowest BCUT2D eigenvalue weighted by Crippen LogP contribution is -2.51. The summed E-state index contributed by atoms with van der Waals surface area (Å²) in [5.74, 6) is 0.395. The van der Waals surface area contributed by atoms with Crippen LogP contribution in [0.25, 0.3) is 33.6 Å². The molecule has 62 heavy (non-hydrogen) atoms. The van der Waals surface area contributed by atoms with Gasteiger partial charge in [0.15, 0.2) is 0 Å². The number of carbonyl (C=O) groups is 4. The molecule has 4 heterocycles. The number of nitrogens with one attached hydrogen (secondary N) is 4. The number of halogens is 1. The van der Waals surface area contributed by atoms with Gasteiger partial charge in [0.25, 0.3) is 0 Å². The largest absolute Gasteiger partial charge is 0.453 e. The Morgan fingerprint density at radius 2 is 1.31 bits per heavy atom. The third-order valence-electron chi connectivity index (χ3n) is 13.7. The minimum Gasteiger partial charge on any atom is -0.453 e. The number of alkyl halides is 1. The second-order valence-electron chi connectivity index (χ2n) is 18.2. The highest BCUT2D eigenvalue weighted by molar-refractivity contribution is 5.87. The summed E-state index contributed by atoms with van der Waals surface area (Å²) in [5, 5.41) is 5.35. The fraction of sp³-hybridized carbons (Fsp3) is 0.532. The number of ether oxygens (including phenoxy) is 2. The van der Waals surface area contributed by atoms with Gasteiger partial charge >= 0.3 is 12.2 Å². The van der Waals surface area contributed by atoms with Gasteiger partial charge in [0, 0.05) is 18.5 Å². The van der Waals surface area contributed by atoms with Crippen LogP contribution in [0, 0.1) is 11.8 Å². The molecule has 3 fully saturated rings. The fourth-order valence-corrected chi connectivity index (χ4v) is 10.5. The van der Waals surface area contributed by atoms with Gasteiger partial charge in [0.1, 0.15) is 29.9 Å². The Morgan fingerprint density at radius 1 is 0.742 bits per heavy atom. The molecule has 1 saturated carbocycles. The van der Waals surface area contributed by atoms with Crippen LogP contribution in [0.2, 0.25) is 0 Å². The number of carbonyl (C=O) groups excluding carboxylic acids is 4. The Labute approximate surface area is 362 Å². The van der Waals surface area contributed by atoms with Gasteiger partial charge in [0.2, 0.25) is 11.8 Å². The lowest BCUT2D eigenvalue weighted by Gasteiger charge is -2.30. The third-order valence-corrected chi connectivity index (χ3v) is 13.7. The molecule has 330 valence electrons. The van der Waals surface area contributed by atoms with Gasteiger partial charge in [-0.25, -0.2) is 23.9 Å². The molecule has 4 aliphatic rings. The lowest BCUT2D eigenvalue weighted by molar-refractivity contribution is -0.136. The first-order chi connectivity index (χ1) is 29.8. The van der Waals surface area contributed by atoms with E-state index in [2.05, 4.69) is 57.0 Å². The van der Waals surface area contributed by atoms with Crippen molar-refractivity contribution >= 4 is 24.0 Å². The summed E-state index contributed by atoms with van der Waals surface area (Å²) in [6.45, 7) is 7.99. The van der Waals surface area contributed by atoms with Gasteiger partial charge in [-0.05, 0) is 83.6 Å². The lowest BCUT2D eigenvalue weighted by atomic mass is 9.76. The summed E-state index contributed by atoms with van der Waals surface area (Å²) in [6.07, 6.45) is 9.51. The maximum absolute atomic E-state index is 15.1. The van der Waals surface area contributed by atoms with Crippen molar-refractivity contribution in [2.75, 3.05) is 27.3 Å². The number of aromatic amines is 2. The van der Waals surface area contributed by atoms with Crippen molar-refractivity contribution in [1.82, 2.24) is 40.4 Å². The number of hydrogen-bond acceptors (Lipinski definition) is 8. The van der Waals surface area contributed by atoms with Gasteiger partial charge < -0.3 is 39.9 Å². The van der Waals surface area contributed by atoms with Crippen molar-refractivity contribution in [3.63, 3.8) is 0 Å². The van der Waals surface area contributed by atoms with E-state index in [0.717, 1.165) is 72.4 Å². The minimum atomic E-state index is -1.22. The molecule has 0 bridgehead atoms. The van der Waals surface area contributed by atoms with Crippen LogP contribution < -0.4 is 10.6 Å². The second-order valence-corrected chi connectivity index (χ2v) is 18.2. The number of amides is 4. The van der Waals surface area contributed by atoms with Crippen molar-refractivity contribution in [2.45, 2.75) is 121 Å². The fourth-order valence-electron chi connectivity index (χ4n) is 10.5. The van der Waals surface area contributed by atoms with Crippen LogP contribution in [-0.2, 0) is 30.9 Å². The average Bonchev–Trinajstić information content (AvgIpc) is 4.13. The summed E-state index contributed by atoms with van der Waals surface area (Å²) < 4.78 is 24.6. The molecular formula is C47H59FN8O6. The van der Waals surface area contributed by atoms with E-state index in [1.165, 1.54) is 48.7 Å². The number of aromatic nitrogens is 4. The number of methoxy groups -OCH3 is 2. The maximum Gasteiger partial charge on any atom is 0.407 e. The van der Waals surface area contributed by atoms with E-state index in [-0.39, 0.29) is 48.1 Å². The number of imidazole rings is 2. The van der Waals surface area contributed by atoms with E-state index in [1.807, 2.05) is 38.8 Å². The molecule has 2 saturated heterocycles. The molecule has 14 nitrogen and oxygen atoms in total. The van der Waals surface area contributed by atoms with E-state index in [4.69, 9.17) is 19.4 Å². The molecule has 2 aliphatic carbocycles. The van der Waals surface area contributed by atoms with E-state index in [1.54, 1.807) is 6.20 Å². The van der Waals surface area contributed by atoms with Crippen molar-refractivity contribution in [1.29, 1.82) is 0 Å². The Kier molecular flexibility index (Phi) is 12.2. The molecule has 1 spiro atoms. The quantitative estimate of drug-likeness (QED) is 0.118. The smallest absolute Gasteiger partial charge is 0.407 e. The van der Waals surface area contributed by atoms with E-state index in [0.29, 0.717) is 12.4 Å². The highest BCUT2D eigenvalue weighted by Crippen LogP contribution is 2.55. The highest BCUT2D eigenvalue weighted by Gasteiger charge is 2.45. The van der Waals surface area contributed by atoms with Gasteiger partial charge in [-0.15, -0.1) is 0 Å². The van der Waals surface area contributed by atoms with E-state index in [9.17, 15) is 19.2 Å². The van der Waals surface area contributed by atoms with Crippen LogP contribution in [0.3, 0.4) is 0 Å². The van der Waals surface area contributed by atoms with Crippen LogP contribution in [0.15, 0.2) is 48.8 Å². The number of likely N-dealkylation sites (tertiary alicyclic amines) is 2. The topological polar surface area (TPSA) is 175 Å². The maximum atomic E-state index is 15.1. The second kappa shape index (κ2) is 17.6. The van der Waals surface area contributed by atoms with Crippen LogP contribution in [0.4, 0.5) is 14.0 Å². The molecule has 8 rings (SSSR count). The Morgan fingerprint density at radius 3 is 1.94 bits per heavy atom. The van der Waals surface area contributed by atoms with Crippen molar-refractivity contribution in [2.24, 2.45) is 11.8 Å². The molecule has 2 aliphatic heterocycles. The third kappa shape index (κ3) is 8.06. The molecule has 2 aromatic carbocycles. The molecule has 15 heteroatoms. The zero-order chi connectivity index (χ0) is 43.9. The minimum absolute atomic E-state index is 0.0742. The number of nitrogens with zero attached hydrogens (tertiary/aromatic N) is 4. The van der Waals surface area contributed by atoms with Gasteiger partial charge in [-0.3, -0.25) is 9.59 Å². The number of benzene rings is 2. The zero-order valence-electron chi connectivity index (χ0n) is 36.6. The predicted octanol–water partition coefficient (Wildman–Crippen LogP) is 7.93. The Balaban J connectivity index is 1.05. The van der Waals surface area contributed by atoms with Crippen LogP contribution in [0.1, 0.15) is 114 Å². The molecular weight excluding hydrogens is 792 g/mol.